The van der Waals surface area contributed by atoms with E-state index in [2.05, 4.69) is 18.0 Å². The molecule has 24 heavy (non-hydrogen) atoms. The highest BCUT2D eigenvalue weighted by molar-refractivity contribution is 7.74. The first-order chi connectivity index (χ1) is 11.7. The van der Waals surface area contributed by atoms with Gasteiger partial charge in [0.25, 0.3) is 0 Å². The Labute approximate surface area is 153 Å². The zero-order valence-corrected chi connectivity index (χ0v) is 17.0. The van der Waals surface area contributed by atoms with Crippen LogP contribution in [0, 0.1) is 5.92 Å². The van der Waals surface area contributed by atoms with Crippen LogP contribution in [0.1, 0.15) is 117 Å². The van der Waals surface area contributed by atoms with Crippen molar-refractivity contribution in [2.45, 2.75) is 117 Å². The Morgan fingerprint density at radius 3 is 1.54 bits per heavy atom. The first-order valence-electron chi connectivity index (χ1n) is 10.4. The molecule has 0 aromatic carbocycles. The second-order valence-corrected chi connectivity index (χ2v) is 7.79. The van der Waals surface area contributed by atoms with E-state index in [1.54, 1.807) is 0 Å². The van der Waals surface area contributed by atoms with Crippen molar-refractivity contribution < 1.29 is 12.9 Å². The largest absolute Gasteiger partial charge is 0.750 e. The molecule has 0 fully saturated rings. The average molecular weight is 362 g/mol. The van der Waals surface area contributed by atoms with E-state index in [4.69, 9.17) is 0 Å². The fraction of sp³-hybridized carbons (Fsp3) is 1.00. The predicted octanol–water partition coefficient (Wildman–Crippen LogP) is 6.69. The summed E-state index contributed by atoms with van der Waals surface area (Å²) in [7, 11) is 0. The topological polar surface area (TPSA) is 49.4 Å². The maximum absolute atomic E-state index is 10.4. The van der Waals surface area contributed by atoms with Gasteiger partial charge in [0.2, 0.25) is 0 Å². The van der Waals surface area contributed by atoms with Gasteiger partial charge in [0, 0.05) is 0 Å². The summed E-state index contributed by atoms with van der Waals surface area (Å²) in [5.74, 6) is 0.389. The van der Waals surface area contributed by atoms with E-state index >= 15 is 0 Å². The summed E-state index contributed by atoms with van der Waals surface area (Å²) in [5, 5.41) is 0. The zero-order valence-electron chi connectivity index (χ0n) is 16.2. The van der Waals surface area contributed by atoms with Crippen LogP contribution in [-0.2, 0) is 15.5 Å². The van der Waals surface area contributed by atoms with Crippen LogP contribution in [0.15, 0.2) is 0 Å². The molecule has 0 aliphatic carbocycles. The van der Waals surface area contributed by atoms with Gasteiger partial charge in [0.05, 0.1) is 18.0 Å². The van der Waals surface area contributed by atoms with Crippen LogP contribution in [0.3, 0.4) is 0 Å². The molecule has 3 nitrogen and oxygen atoms in total. The molecule has 0 aliphatic rings. The molecule has 0 spiro atoms. The van der Waals surface area contributed by atoms with Crippen molar-refractivity contribution in [1.82, 2.24) is 0 Å². The van der Waals surface area contributed by atoms with Crippen LogP contribution >= 0.6 is 0 Å². The third kappa shape index (κ3) is 18.4. The number of rotatable bonds is 19. The fourth-order valence-electron chi connectivity index (χ4n) is 3.18. The van der Waals surface area contributed by atoms with E-state index in [-0.39, 0.29) is 0 Å². The highest BCUT2D eigenvalue weighted by Crippen LogP contribution is 2.17. The maximum Gasteiger partial charge on any atom is 0.0842 e. The lowest BCUT2D eigenvalue weighted by atomic mass is 9.98. The van der Waals surface area contributed by atoms with Gasteiger partial charge in [-0.1, -0.05) is 110 Å². The molecular weight excluding hydrogens is 320 g/mol. The predicted molar refractivity (Wildman–Crippen MR) is 104 cm³/mol. The molecule has 0 heterocycles. The molecule has 4 heteroatoms. The van der Waals surface area contributed by atoms with Crippen molar-refractivity contribution in [3.63, 3.8) is 0 Å². The average Bonchev–Trinajstić information content (AvgIpc) is 2.57. The Morgan fingerprint density at radius 2 is 1.17 bits per heavy atom. The Hall–Kier alpha value is 0.0700. The normalized spacial score (nSPS) is 14.0. The van der Waals surface area contributed by atoms with Crippen LogP contribution < -0.4 is 0 Å². The minimum absolute atomic E-state index is 0.352. The first kappa shape index (κ1) is 24.1. The standard InChI is InChI=1S/C20H42O3S/c1-3-5-6-7-8-9-10-11-12-13-14-15-16-17-18-20(4-2)19-23-24(21)22/h20H,3-19H2,1-2H3,(H,21,22)/p-1. The highest BCUT2D eigenvalue weighted by atomic mass is 32.2. The summed E-state index contributed by atoms with van der Waals surface area (Å²) in [5.41, 5.74) is 0. The lowest BCUT2D eigenvalue weighted by molar-refractivity contribution is 0.229. The zero-order chi connectivity index (χ0) is 17.9. The lowest BCUT2D eigenvalue weighted by Crippen LogP contribution is -2.10. The highest BCUT2D eigenvalue weighted by Gasteiger charge is 2.06. The van der Waals surface area contributed by atoms with Crippen molar-refractivity contribution in [3.05, 3.63) is 0 Å². The van der Waals surface area contributed by atoms with E-state index < -0.39 is 11.4 Å². The Bertz CT molecular complexity index is 272. The smallest absolute Gasteiger partial charge is 0.0842 e. The van der Waals surface area contributed by atoms with Gasteiger partial charge < -0.3 is 8.74 Å². The summed E-state index contributed by atoms with van der Waals surface area (Å²) in [6, 6.07) is 0. The van der Waals surface area contributed by atoms with E-state index in [1.807, 2.05) is 0 Å². The third-order valence-corrected chi connectivity index (χ3v) is 5.27. The second kappa shape index (κ2) is 19.4. The molecule has 0 radical (unpaired) electrons. The molecule has 0 aliphatic heterocycles. The van der Waals surface area contributed by atoms with Gasteiger partial charge in [-0.3, -0.25) is 0 Å². The minimum atomic E-state index is -2.36. The quantitative estimate of drug-likeness (QED) is 0.190. The van der Waals surface area contributed by atoms with Crippen LogP contribution in [0.2, 0.25) is 0 Å². The molecule has 0 saturated carbocycles. The van der Waals surface area contributed by atoms with Crippen molar-refractivity contribution in [2.24, 2.45) is 5.92 Å². The summed E-state index contributed by atoms with van der Waals surface area (Å²) in [6.45, 7) is 4.73. The van der Waals surface area contributed by atoms with Gasteiger partial charge >= 0.3 is 0 Å². The molecule has 0 N–H and O–H groups in total. The van der Waals surface area contributed by atoms with Gasteiger partial charge in [0.1, 0.15) is 0 Å². The third-order valence-electron chi connectivity index (χ3n) is 4.94. The maximum atomic E-state index is 10.4. The van der Waals surface area contributed by atoms with Gasteiger partial charge in [-0.05, 0) is 12.3 Å². The Kier molecular flexibility index (Phi) is 19.5. The van der Waals surface area contributed by atoms with Crippen LogP contribution in [0.4, 0.5) is 0 Å². The van der Waals surface area contributed by atoms with Crippen molar-refractivity contribution in [2.75, 3.05) is 6.61 Å². The van der Waals surface area contributed by atoms with E-state index in [0.29, 0.717) is 12.5 Å². The molecule has 0 rings (SSSR count). The van der Waals surface area contributed by atoms with Crippen molar-refractivity contribution in [1.29, 1.82) is 0 Å². The summed E-state index contributed by atoms with van der Waals surface area (Å²) in [4.78, 5) is 0. The summed E-state index contributed by atoms with van der Waals surface area (Å²) < 4.78 is 25.5. The van der Waals surface area contributed by atoms with Crippen molar-refractivity contribution >= 4 is 11.4 Å². The van der Waals surface area contributed by atoms with Crippen LogP contribution in [0.5, 0.6) is 0 Å². The van der Waals surface area contributed by atoms with Crippen LogP contribution in [0.25, 0.3) is 0 Å². The molecule has 0 bridgehead atoms. The molecule has 0 aromatic heterocycles. The van der Waals surface area contributed by atoms with Gasteiger partial charge in [-0.25, -0.2) is 4.21 Å². The molecule has 146 valence electrons. The SMILES string of the molecule is CCCCCCCCCCCCCCCCC(CC)COS(=O)[O-]. The van der Waals surface area contributed by atoms with Gasteiger partial charge in [0.15, 0.2) is 0 Å². The molecule has 2 unspecified atom stereocenters. The molecule has 0 aromatic rings. The van der Waals surface area contributed by atoms with E-state index in [9.17, 15) is 8.76 Å². The summed E-state index contributed by atoms with van der Waals surface area (Å²) in [6.07, 6.45) is 21.3. The van der Waals surface area contributed by atoms with E-state index in [1.165, 1.54) is 89.9 Å². The van der Waals surface area contributed by atoms with Gasteiger partial charge in [-0.2, -0.15) is 0 Å². The number of hydrogen-bond acceptors (Lipinski definition) is 3. The first-order valence-corrected chi connectivity index (χ1v) is 11.4. The molecule has 0 amide bonds. The molecule has 2 atom stereocenters. The fourth-order valence-corrected chi connectivity index (χ4v) is 3.49. The van der Waals surface area contributed by atoms with Crippen LogP contribution in [-0.4, -0.2) is 15.4 Å². The monoisotopic (exact) mass is 361 g/mol. The van der Waals surface area contributed by atoms with E-state index in [0.717, 1.165) is 12.8 Å². The van der Waals surface area contributed by atoms with Gasteiger partial charge in [-0.15, -0.1) is 0 Å². The lowest BCUT2D eigenvalue weighted by Gasteiger charge is -2.15. The Morgan fingerprint density at radius 1 is 0.750 bits per heavy atom. The number of unbranched alkanes of at least 4 members (excludes halogenated alkanes) is 13. The number of hydrogen-bond donors (Lipinski definition) is 0. The summed E-state index contributed by atoms with van der Waals surface area (Å²) >= 11 is -2.36. The Balaban J connectivity index is 3.20. The second-order valence-electron chi connectivity index (χ2n) is 7.15. The minimum Gasteiger partial charge on any atom is -0.750 e. The molecular formula is C20H41O3S-. The molecule has 0 saturated heterocycles. The van der Waals surface area contributed by atoms with Crippen molar-refractivity contribution in [3.8, 4) is 0 Å².